The molecule has 0 spiro atoms. The predicted octanol–water partition coefficient (Wildman–Crippen LogP) is 3.64. The van der Waals surface area contributed by atoms with Gasteiger partial charge in [0.2, 0.25) is 5.91 Å². The lowest BCUT2D eigenvalue weighted by Crippen LogP contribution is -2.44. The largest absolute Gasteiger partial charge is 0.369 e. The number of ether oxygens (including phenoxy) is 1. The van der Waals surface area contributed by atoms with Crippen molar-refractivity contribution in [1.82, 2.24) is 10.2 Å². The number of anilines is 2. The third-order valence-electron chi connectivity index (χ3n) is 6.60. The van der Waals surface area contributed by atoms with E-state index in [1.165, 1.54) is 12.1 Å². The number of hydrogen-bond donors (Lipinski definition) is 2. The molecule has 0 bridgehead atoms. The lowest BCUT2D eigenvalue weighted by Gasteiger charge is -2.34. The normalized spacial score (nSPS) is 14.3. The highest BCUT2D eigenvalue weighted by atomic mass is 32.2. The van der Waals surface area contributed by atoms with Gasteiger partial charge in [-0.3, -0.25) is 9.52 Å². The van der Waals surface area contributed by atoms with Gasteiger partial charge in [-0.25, -0.2) is 12.8 Å². The second kappa shape index (κ2) is 13.5. The number of aryl methyl sites for hydroxylation is 1. The van der Waals surface area contributed by atoms with Crippen molar-refractivity contribution in [3.63, 3.8) is 0 Å². The molecule has 1 fully saturated rings. The van der Waals surface area contributed by atoms with E-state index in [1.807, 2.05) is 12.1 Å². The number of hydrogen-bond acceptors (Lipinski definition) is 6. The number of nitrogens with zero attached hydrogens (tertiary/aromatic N) is 2. The minimum Gasteiger partial charge on any atom is -0.369 e. The Morgan fingerprint density at radius 2 is 1.54 bits per heavy atom. The second-order valence-corrected chi connectivity index (χ2v) is 11.3. The van der Waals surface area contributed by atoms with Gasteiger partial charge in [-0.1, -0.05) is 24.3 Å². The molecule has 4 rings (SSSR count). The van der Waals surface area contributed by atoms with Crippen molar-refractivity contribution >= 4 is 27.3 Å². The highest BCUT2D eigenvalue weighted by molar-refractivity contribution is 7.92. The van der Waals surface area contributed by atoms with E-state index in [0.29, 0.717) is 25.1 Å². The summed E-state index contributed by atoms with van der Waals surface area (Å²) in [5.74, 6) is -0.534. The zero-order valence-corrected chi connectivity index (χ0v) is 22.9. The zero-order valence-electron chi connectivity index (χ0n) is 22.1. The smallest absolute Gasteiger partial charge is 0.261 e. The fraction of sp³-hybridized carbons (Fsp3) is 0.345. The average Bonchev–Trinajstić information content (AvgIpc) is 2.93. The molecule has 3 aromatic carbocycles. The Morgan fingerprint density at radius 1 is 0.897 bits per heavy atom. The van der Waals surface area contributed by atoms with Crippen LogP contribution in [0, 0.1) is 5.82 Å². The van der Waals surface area contributed by atoms with Crippen LogP contribution in [0.4, 0.5) is 15.8 Å². The number of halogens is 1. The summed E-state index contributed by atoms with van der Waals surface area (Å²) in [5, 5.41) is 2.80. The molecule has 208 valence electrons. The Bertz CT molecular complexity index is 1310. The van der Waals surface area contributed by atoms with E-state index in [0.717, 1.165) is 43.0 Å². The summed E-state index contributed by atoms with van der Waals surface area (Å²) in [7, 11) is -1.59. The van der Waals surface area contributed by atoms with E-state index in [2.05, 4.69) is 26.9 Å². The van der Waals surface area contributed by atoms with Gasteiger partial charge < -0.3 is 19.9 Å². The SMILES string of the molecule is CN1CCN(c2ccc(NS(=O)(=O)c3ccc(CCCNC(=O)COCc4ccc(F)cc4)cc3)cc2)CC1. The summed E-state index contributed by atoms with van der Waals surface area (Å²) in [6.45, 7) is 4.56. The van der Waals surface area contributed by atoms with Gasteiger partial charge in [0.05, 0.1) is 11.5 Å². The minimum atomic E-state index is -3.70. The van der Waals surface area contributed by atoms with Crippen molar-refractivity contribution in [2.45, 2.75) is 24.3 Å². The molecule has 10 heteroatoms. The van der Waals surface area contributed by atoms with Gasteiger partial charge in [-0.2, -0.15) is 0 Å². The molecule has 0 unspecified atom stereocenters. The lowest BCUT2D eigenvalue weighted by atomic mass is 10.1. The van der Waals surface area contributed by atoms with E-state index < -0.39 is 10.0 Å². The van der Waals surface area contributed by atoms with Gasteiger partial charge in [-0.15, -0.1) is 0 Å². The first-order valence-electron chi connectivity index (χ1n) is 13.0. The Kier molecular flexibility index (Phi) is 9.91. The van der Waals surface area contributed by atoms with Crippen LogP contribution in [0.3, 0.4) is 0 Å². The minimum absolute atomic E-state index is 0.0739. The lowest BCUT2D eigenvalue weighted by molar-refractivity contribution is -0.126. The van der Waals surface area contributed by atoms with Crippen LogP contribution in [-0.2, 0) is 32.6 Å². The van der Waals surface area contributed by atoms with Crippen molar-refractivity contribution in [3.8, 4) is 0 Å². The van der Waals surface area contributed by atoms with E-state index in [4.69, 9.17) is 4.74 Å². The van der Waals surface area contributed by atoms with Gasteiger partial charge in [0.15, 0.2) is 0 Å². The highest BCUT2D eigenvalue weighted by Crippen LogP contribution is 2.22. The van der Waals surface area contributed by atoms with Gasteiger partial charge in [0.25, 0.3) is 10.0 Å². The summed E-state index contributed by atoms with van der Waals surface area (Å²) < 4.78 is 46.7. The molecule has 2 N–H and O–H groups in total. The van der Waals surface area contributed by atoms with Crippen LogP contribution < -0.4 is 14.9 Å². The molecule has 1 heterocycles. The van der Waals surface area contributed by atoms with E-state index in [-0.39, 0.29) is 29.8 Å². The van der Waals surface area contributed by atoms with Gasteiger partial charge in [0.1, 0.15) is 12.4 Å². The number of carbonyl (C=O) groups is 1. The van der Waals surface area contributed by atoms with Gasteiger partial charge in [0, 0.05) is 44.1 Å². The molecule has 1 amide bonds. The molecule has 1 aliphatic rings. The Balaban J connectivity index is 1.17. The van der Waals surface area contributed by atoms with Crippen LogP contribution in [-0.4, -0.2) is 65.6 Å². The molecule has 8 nitrogen and oxygen atoms in total. The molecule has 1 saturated heterocycles. The van der Waals surface area contributed by atoms with E-state index >= 15 is 0 Å². The fourth-order valence-electron chi connectivity index (χ4n) is 4.27. The van der Waals surface area contributed by atoms with Crippen molar-refractivity contribution in [2.24, 2.45) is 0 Å². The first kappa shape index (κ1) is 28.5. The topological polar surface area (TPSA) is 91.0 Å². The number of sulfonamides is 1. The molecular weight excluding hydrogens is 519 g/mol. The monoisotopic (exact) mass is 554 g/mol. The highest BCUT2D eigenvalue weighted by Gasteiger charge is 2.16. The van der Waals surface area contributed by atoms with Crippen LogP contribution in [0.2, 0.25) is 0 Å². The summed E-state index contributed by atoms with van der Waals surface area (Å²) in [6.07, 6.45) is 1.39. The predicted molar refractivity (Wildman–Crippen MR) is 151 cm³/mol. The summed E-state index contributed by atoms with van der Waals surface area (Å²) in [5.41, 5.74) is 3.38. The van der Waals surface area contributed by atoms with Crippen LogP contribution in [0.5, 0.6) is 0 Å². The molecule has 1 aliphatic heterocycles. The average molecular weight is 555 g/mol. The van der Waals surface area contributed by atoms with E-state index in [1.54, 1.807) is 48.5 Å². The van der Waals surface area contributed by atoms with Crippen molar-refractivity contribution in [2.75, 3.05) is 56.0 Å². The molecule has 0 aromatic heterocycles. The molecule has 0 radical (unpaired) electrons. The Morgan fingerprint density at radius 3 is 2.21 bits per heavy atom. The summed E-state index contributed by atoms with van der Waals surface area (Å²) in [6, 6.07) is 20.2. The first-order valence-corrected chi connectivity index (χ1v) is 14.5. The first-order chi connectivity index (χ1) is 18.8. The Labute approximate surface area is 229 Å². The maximum absolute atomic E-state index is 12.9. The molecule has 0 aliphatic carbocycles. The number of carbonyl (C=O) groups excluding carboxylic acids is 1. The number of rotatable bonds is 12. The quantitative estimate of drug-likeness (QED) is 0.332. The maximum atomic E-state index is 12.9. The molecule has 3 aromatic rings. The van der Waals surface area contributed by atoms with Crippen LogP contribution in [0.15, 0.2) is 77.7 Å². The molecule has 0 saturated carbocycles. The van der Waals surface area contributed by atoms with Gasteiger partial charge in [-0.05, 0) is 79.5 Å². The fourth-order valence-corrected chi connectivity index (χ4v) is 5.33. The standard InChI is InChI=1S/C29H35FN4O4S/c1-33-17-19-34(20-18-33)27-12-10-26(11-13-27)32-39(36,37)28-14-6-23(7-15-28)3-2-16-31-29(35)22-38-21-24-4-8-25(30)9-5-24/h4-15,32H,2-3,16-22H2,1H3,(H,31,35). The van der Waals surface area contributed by atoms with Crippen molar-refractivity contribution in [1.29, 1.82) is 0 Å². The zero-order chi connectivity index (χ0) is 27.7. The van der Waals surface area contributed by atoms with Crippen LogP contribution in [0.25, 0.3) is 0 Å². The number of piperazine rings is 1. The van der Waals surface area contributed by atoms with Crippen molar-refractivity contribution in [3.05, 3.63) is 89.7 Å². The summed E-state index contributed by atoms with van der Waals surface area (Å²) >= 11 is 0. The number of benzene rings is 3. The molecule has 39 heavy (non-hydrogen) atoms. The number of amides is 1. The molecular formula is C29H35FN4O4S. The Hall–Kier alpha value is -3.47. The van der Waals surface area contributed by atoms with Crippen LogP contribution in [0.1, 0.15) is 17.5 Å². The van der Waals surface area contributed by atoms with Crippen LogP contribution >= 0.6 is 0 Å². The second-order valence-electron chi connectivity index (χ2n) is 9.66. The summed E-state index contributed by atoms with van der Waals surface area (Å²) in [4.78, 5) is 16.7. The third-order valence-corrected chi connectivity index (χ3v) is 8.00. The number of likely N-dealkylation sites (N-methyl/N-ethyl adjacent to an activating group) is 1. The van der Waals surface area contributed by atoms with Gasteiger partial charge >= 0.3 is 0 Å². The van der Waals surface area contributed by atoms with Crippen molar-refractivity contribution < 1.29 is 22.3 Å². The van der Waals surface area contributed by atoms with E-state index in [9.17, 15) is 17.6 Å². The third kappa shape index (κ3) is 8.77. The maximum Gasteiger partial charge on any atom is 0.261 e. The molecule has 0 atom stereocenters. The number of nitrogens with one attached hydrogen (secondary N) is 2.